The molecule has 0 saturated carbocycles. The second kappa shape index (κ2) is 10.1. The van der Waals surface area contributed by atoms with Crippen molar-refractivity contribution < 1.29 is 31.8 Å². The summed E-state index contributed by atoms with van der Waals surface area (Å²) in [5.41, 5.74) is 0.520. The zero-order valence-corrected chi connectivity index (χ0v) is 18.3. The van der Waals surface area contributed by atoms with Crippen molar-refractivity contribution in [3.8, 4) is 11.5 Å². The summed E-state index contributed by atoms with van der Waals surface area (Å²) in [6.45, 7) is 0.554. The third-order valence-corrected chi connectivity index (χ3v) is 6.86. The first-order chi connectivity index (χ1) is 15.9. The van der Waals surface area contributed by atoms with Crippen molar-refractivity contribution in [3.05, 3.63) is 83.9 Å². The van der Waals surface area contributed by atoms with Crippen LogP contribution in [-0.4, -0.2) is 50.0 Å². The fraction of sp³-hybridized carbons (Fsp3) is 0.217. The second-order valence-electron chi connectivity index (χ2n) is 7.14. The van der Waals surface area contributed by atoms with E-state index in [9.17, 15) is 17.6 Å². The Morgan fingerprint density at radius 2 is 1.88 bits per heavy atom. The fourth-order valence-corrected chi connectivity index (χ4v) is 4.74. The molecule has 0 unspecified atom stereocenters. The van der Waals surface area contributed by atoms with Gasteiger partial charge in [-0.3, -0.25) is 4.98 Å². The first-order valence-electron chi connectivity index (χ1n) is 10.2. The molecule has 0 spiro atoms. The number of ether oxygens (including phenoxy) is 3. The normalized spacial score (nSPS) is 14.6. The Labute approximate surface area is 190 Å². The smallest absolute Gasteiger partial charge is 0.338 e. The van der Waals surface area contributed by atoms with Crippen molar-refractivity contribution in [3.63, 3.8) is 0 Å². The maximum atomic E-state index is 14.4. The van der Waals surface area contributed by atoms with Crippen molar-refractivity contribution in [2.24, 2.45) is 0 Å². The van der Waals surface area contributed by atoms with E-state index in [2.05, 4.69) is 4.98 Å². The fourth-order valence-electron chi connectivity index (χ4n) is 3.24. The van der Waals surface area contributed by atoms with Gasteiger partial charge in [-0.05, 0) is 36.4 Å². The number of para-hydroxylation sites is 1. The van der Waals surface area contributed by atoms with Crippen LogP contribution in [0.25, 0.3) is 0 Å². The number of hydrogen-bond acceptors (Lipinski definition) is 7. The lowest BCUT2D eigenvalue weighted by molar-refractivity contribution is 0.0470. The van der Waals surface area contributed by atoms with Crippen molar-refractivity contribution in [1.29, 1.82) is 0 Å². The summed E-state index contributed by atoms with van der Waals surface area (Å²) in [5.74, 6) is -0.723. The van der Waals surface area contributed by atoms with Gasteiger partial charge in [0.2, 0.25) is 10.0 Å². The summed E-state index contributed by atoms with van der Waals surface area (Å²) in [6, 6.07) is 13.6. The lowest BCUT2D eigenvalue weighted by atomic mass is 10.2. The lowest BCUT2D eigenvalue weighted by Gasteiger charge is -2.26. The highest BCUT2D eigenvalue weighted by Crippen LogP contribution is 2.26. The molecule has 4 rings (SSSR count). The number of benzene rings is 2. The number of rotatable bonds is 7. The van der Waals surface area contributed by atoms with Gasteiger partial charge in [0.1, 0.15) is 28.8 Å². The van der Waals surface area contributed by atoms with Crippen LogP contribution in [0.3, 0.4) is 0 Å². The first kappa shape index (κ1) is 22.8. The van der Waals surface area contributed by atoms with Gasteiger partial charge in [0.05, 0.1) is 25.0 Å². The monoisotopic (exact) mass is 472 g/mol. The molecule has 2 heterocycles. The second-order valence-corrected chi connectivity index (χ2v) is 9.04. The maximum Gasteiger partial charge on any atom is 0.338 e. The third kappa shape index (κ3) is 5.36. The molecule has 1 saturated heterocycles. The number of aromatic nitrogens is 1. The molecule has 1 aromatic heterocycles. The minimum Gasteiger partial charge on any atom is -0.457 e. The number of morpholine rings is 1. The Hall–Kier alpha value is -3.34. The zero-order chi connectivity index (χ0) is 23.3. The molecule has 172 valence electrons. The molecule has 1 aliphatic heterocycles. The Morgan fingerprint density at radius 3 is 2.64 bits per heavy atom. The van der Waals surface area contributed by atoms with Gasteiger partial charge in [0.25, 0.3) is 0 Å². The summed E-state index contributed by atoms with van der Waals surface area (Å²) in [6.07, 6.45) is 3.18. The van der Waals surface area contributed by atoms with Gasteiger partial charge >= 0.3 is 5.97 Å². The van der Waals surface area contributed by atoms with Gasteiger partial charge in [-0.25, -0.2) is 17.6 Å². The largest absolute Gasteiger partial charge is 0.457 e. The van der Waals surface area contributed by atoms with Crippen molar-refractivity contribution >= 4 is 16.0 Å². The minimum atomic E-state index is -4.11. The third-order valence-electron chi connectivity index (χ3n) is 4.95. The van der Waals surface area contributed by atoms with Gasteiger partial charge in [-0.1, -0.05) is 18.2 Å². The summed E-state index contributed by atoms with van der Waals surface area (Å²) >= 11 is 0. The number of pyridine rings is 1. The van der Waals surface area contributed by atoms with Crippen molar-refractivity contribution in [2.45, 2.75) is 11.5 Å². The maximum absolute atomic E-state index is 14.4. The van der Waals surface area contributed by atoms with E-state index in [1.807, 2.05) is 0 Å². The molecule has 0 bridgehead atoms. The van der Waals surface area contributed by atoms with E-state index in [-0.39, 0.29) is 38.5 Å². The van der Waals surface area contributed by atoms with Gasteiger partial charge in [-0.2, -0.15) is 4.31 Å². The molecule has 0 radical (unpaired) electrons. The average Bonchev–Trinajstić information content (AvgIpc) is 2.84. The van der Waals surface area contributed by atoms with E-state index < -0.39 is 26.7 Å². The van der Waals surface area contributed by atoms with Crippen LogP contribution in [0.4, 0.5) is 4.39 Å². The number of carbonyl (C=O) groups excluding carboxylic acids is 1. The van der Waals surface area contributed by atoms with E-state index in [0.29, 0.717) is 17.1 Å². The standard InChI is InChI=1S/C23H21FN2O6S/c24-20-8-7-17(14-22(20)33(28,29)26-10-12-30-13-11-26)23(27)31-16-18-4-1-2-6-21(18)32-19-5-3-9-25-15-19/h1-9,14-15H,10-13,16H2. The van der Waals surface area contributed by atoms with Gasteiger partial charge in [0.15, 0.2) is 0 Å². The molecule has 0 aliphatic carbocycles. The summed E-state index contributed by atoms with van der Waals surface area (Å²) in [4.78, 5) is 16.1. The summed E-state index contributed by atoms with van der Waals surface area (Å²) in [7, 11) is -4.11. The number of nitrogens with zero attached hydrogens (tertiary/aromatic N) is 2. The molecular formula is C23H21FN2O6S. The van der Waals surface area contributed by atoms with Crippen molar-refractivity contribution in [1.82, 2.24) is 9.29 Å². The molecular weight excluding hydrogens is 451 g/mol. The molecule has 8 nitrogen and oxygen atoms in total. The van der Waals surface area contributed by atoms with E-state index >= 15 is 0 Å². The average molecular weight is 472 g/mol. The molecule has 3 aromatic rings. The predicted molar refractivity (Wildman–Crippen MR) is 116 cm³/mol. The van der Waals surface area contributed by atoms with Gasteiger partial charge in [-0.15, -0.1) is 0 Å². The Balaban J connectivity index is 1.49. The summed E-state index contributed by atoms with van der Waals surface area (Å²) in [5, 5.41) is 0. The van der Waals surface area contributed by atoms with E-state index in [1.54, 1.807) is 48.8 Å². The number of carbonyl (C=O) groups is 1. The van der Waals surface area contributed by atoms with E-state index in [1.165, 1.54) is 6.07 Å². The van der Waals surface area contributed by atoms with E-state index in [0.717, 1.165) is 16.4 Å². The molecule has 1 fully saturated rings. The van der Waals surface area contributed by atoms with Crippen LogP contribution in [0, 0.1) is 5.82 Å². The van der Waals surface area contributed by atoms with Crippen LogP contribution in [0.15, 0.2) is 71.9 Å². The number of sulfonamides is 1. The van der Waals surface area contributed by atoms with Gasteiger partial charge < -0.3 is 14.2 Å². The molecule has 0 atom stereocenters. The van der Waals surface area contributed by atoms with Crippen LogP contribution in [0.2, 0.25) is 0 Å². The number of hydrogen-bond donors (Lipinski definition) is 0. The quantitative estimate of drug-likeness (QED) is 0.487. The predicted octanol–water partition coefficient (Wildman–Crippen LogP) is 3.39. The van der Waals surface area contributed by atoms with Crippen LogP contribution < -0.4 is 4.74 Å². The molecule has 2 aromatic carbocycles. The molecule has 0 N–H and O–H groups in total. The molecule has 0 amide bonds. The molecule has 1 aliphatic rings. The van der Waals surface area contributed by atoms with Crippen LogP contribution in [0.1, 0.15) is 15.9 Å². The number of halogens is 1. The van der Waals surface area contributed by atoms with Gasteiger partial charge in [0, 0.05) is 24.8 Å². The Kier molecular flexibility index (Phi) is 6.97. The topological polar surface area (TPSA) is 95.0 Å². The van der Waals surface area contributed by atoms with Crippen molar-refractivity contribution in [2.75, 3.05) is 26.3 Å². The molecule has 33 heavy (non-hydrogen) atoms. The highest BCUT2D eigenvalue weighted by Gasteiger charge is 2.30. The number of esters is 1. The van der Waals surface area contributed by atoms with E-state index in [4.69, 9.17) is 14.2 Å². The highest BCUT2D eigenvalue weighted by atomic mass is 32.2. The highest BCUT2D eigenvalue weighted by molar-refractivity contribution is 7.89. The SMILES string of the molecule is O=C(OCc1ccccc1Oc1cccnc1)c1ccc(F)c(S(=O)(=O)N2CCOCC2)c1. The zero-order valence-electron chi connectivity index (χ0n) is 17.5. The van der Waals surface area contributed by atoms with Crippen LogP contribution in [-0.2, 0) is 26.1 Å². The lowest BCUT2D eigenvalue weighted by Crippen LogP contribution is -2.41. The first-order valence-corrected chi connectivity index (χ1v) is 11.6. The Morgan fingerprint density at radius 1 is 1.09 bits per heavy atom. The minimum absolute atomic E-state index is 0.0751. The van der Waals surface area contributed by atoms with Crippen LogP contribution in [0.5, 0.6) is 11.5 Å². The van der Waals surface area contributed by atoms with Crippen LogP contribution >= 0.6 is 0 Å². The molecule has 10 heteroatoms. The Bertz CT molecular complexity index is 1230. The summed E-state index contributed by atoms with van der Waals surface area (Å²) < 4.78 is 57.5.